The lowest BCUT2D eigenvalue weighted by Crippen LogP contribution is -2.40. The van der Waals surface area contributed by atoms with E-state index < -0.39 is 34.3 Å². The molecule has 244 valence electrons. The van der Waals surface area contributed by atoms with Crippen LogP contribution < -0.4 is 21.4 Å². The van der Waals surface area contributed by atoms with Gasteiger partial charge in [-0.2, -0.15) is 9.41 Å². The van der Waals surface area contributed by atoms with Crippen molar-refractivity contribution in [3.8, 4) is 0 Å². The molecule has 0 saturated carbocycles. The second-order valence-corrected chi connectivity index (χ2v) is 12.4. The van der Waals surface area contributed by atoms with Gasteiger partial charge in [0.15, 0.2) is 0 Å². The molecule has 0 aliphatic rings. The second-order valence-electron chi connectivity index (χ2n) is 10.0. The van der Waals surface area contributed by atoms with E-state index in [2.05, 4.69) is 26.5 Å². The molecule has 0 bridgehead atoms. The Labute approximate surface area is 276 Å². The lowest BCUT2D eigenvalue weighted by Gasteiger charge is -2.21. The van der Waals surface area contributed by atoms with Crippen molar-refractivity contribution >= 4 is 62.8 Å². The van der Waals surface area contributed by atoms with Gasteiger partial charge in [0.05, 0.1) is 24.2 Å². The summed E-state index contributed by atoms with van der Waals surface area (Å²) in [4.78, 5) is 48.4. The molecule has 15 heteroatoms. The maximum absolute atomic E-state index is 13.5. The number of furan rings is 1. The molecule has 3 aromatic carbocycles. The number of hydrazone groups is 1. The number of rotatable bonds is 13. The van der Waals surface area contributed by atoms with Crippen molar-refractivity contribution in [2.24, 2.45) is 5.10 Å². The minimum Gasteiger partial charge on any atom is -0.458 e. The van der Waals surface area contributed by atoms with E-state index in [1.54, 1.807) is 24.3 Å². The van der Waals surface area contributed by atoms with Gasteiger partial charge >= 0.3 is 11.8 Å². The third kappa shape index (κ3) is 10.6. The molecule has 0 spiro atoms. The van der Waals surface area contributed by atoms with Crippen molar-refractivity contribution in [1.29, 1.82) is 0 Å². The van der Waals surface area contributed by atoms with Gasteiger partial charge < -0.3 is 20.4 Å². The van der Waals surface area contributed by atoms with Crippen molar-refractivity contribution in [2.45, 2.75) is 24.8 Å². The van der Waals surface area contributed by atoms with E-state index in [0.29, 0.717) is 28.6 Å². The number of sulfonamides is 1. The van der Waals surface area contributed by atoms with Crippen molar-refractivity contribution < 1.29 is 32.0 Å². The van der Waals surface area contributed by atoms with E-state index >= 15 is 0 Å². The predicted molar refractivity (Wildman–Crippen MR) is 176 cm³/mol. The van der Waals surface area contributed by atoms with Crippen LogP contribution in [0.25, 0.3) is 0 Å². The summed E-state index contributed by atoms with van der Waals surface area (Å²) in [5.41, 5.74) is 3.99. The van der Waals surface area contributed by atoms with Gasteiger partial charge in [0.2, 0.25) is 15.9 Å². The van der Waals surface area contributed by atoms with E-state index in [-0.39, 0.29) is 29.7 Å². The Kier molecular flexibility index (Phi) is 12.0. The van der Waals surface area contributed by atoms with Crippen molar-refractivity contribution in [3.05, 3.63) is 113 Å². The number of carbonyl (C=O) groups is 4. The number of anilines is 2. The average molecular weight is 679 g/mol. The van der Waals surface area contributed by atoms with Crippen LogP contribution in [0, 0.1) is 0 Å². The topological polar surface area (TPSA) is 179 Å². The Morgan fingerprint density at radius 3 is 2.32 bits per heavy atom. The lowest BCUT2D eigenvalue weighted by molar-refractivity contribution is -0.136. The molecule has 1 heterocycles. The molecule has 0 aliphatic carbocycles. The summed E-state index contributed by atoms with van der Waals surface area (Å²) < 4.78 is 33.6. The van der Waals surface area contributed by atoms with E-state index in [4.69, 9.17) is 16.0 Å². The summed E-state index contributed by atoms with van der Waals surface area (Å²) in [6.45, 7) is 0.741. The summed E-state index contributed by atoms with van der Waals surface area (Å²) in [5.74, 6) is -2.23. The molecule has 0 unspecified atom stereocenters. The first kappa shape index (κ1) is 34.6. The first-order chi connectivity index (χ1) is 22.5. The molecule has 0 saturated heterocycles. The molecule has 0 radical (unpaired) electrons. The molecular weight excluding hydrogens is 648 g/mol. The van der Waals surface area contributed by atoms with Crippen LogP contribution in [0.4, 0.5) is 11.4 Å². The predicted octanol–water partition coefficient (Wildman–Crippen LogP) is 3.53. The van der Waals surface area contributed by atoms with Gasteiger partial charge in [0.1, 0.15) is 11.5 Å². The zero-order chi connectivity index (χ0) is 33.8. The number of hydrogen-bond acceptors (Lipinski definition) is 8. The maximum Gasteiger partial charge on any atom is 0.313 e. The summed E-state index contributed by atoms with van der Waals surface area (Å²) in [6.07, 6.45) is 1.56. The Hall–Kier alpha value is -5.31. The Bertz CT molecular complexity index is 1860. The van der Waals surface area contributed by atoms with E-state index in [0.717, 1.165) is 9.87 Å². The quantitative estimate of drug-likeness (QED) is 0.0949. The minimum atomic E-state index is -4.10. The highest BCUT2D eigenvalue weighted by atomic mass is 35.5. The molecule has 13 nitrogen and oxygen atoms in total. The van der Waals surface area contributed by atoms with E-state index in [9.17, 15) is 27.6 Å². The van der Waals surface area contributed by atoms with Crippen molar-refractivity contribution in [2.75, 3.05) is 23.7 Å². The van der Waals surface area contributed by atoms with Gasteiger partial charge in [0, 0.05) is 29.9 Å². The van der Waals surface area contributed by atoms with Gasteiger partial charge in [0.25, 0.3) is 5.91 Å². The van der Waals surface area contributed by atoms with E-state index in [1.807, 2.05) is 30.3 Å². The summed E-state index contributed by atoms with van der Waals surface area (Å²) >= 11 is 5.88. The normalized spacial score (nSPS) is 11.3. The molecule has 4 rings (SSSR count). The van der Waals surface area contributed by atoms with Gasteiger partial charge in [-0.1, -0.05) is 48.0 Å². The number of carbonyl (C=O) groups excluding carboxylic acids is 4. The second kappa shape index (κ2) is 16.3. The fourth-order valence-corrected chi connectivity index (χ4v) is 5.76. The number of hydrogen-bond donors (Lipinski definition) is 4. The van der Waals surface area contributed by atoms with Crippen molar-refractivity contribution in [1.82, 2.24) is 15.0 Å². The molecule has 47 heavy (non-hydrogen) atoms. The molecule has 0 fully saturated rings. The number of nitrogens with one attached hydrogen (secondary N) is 4. The molecule has 4 aromatic rings. The van der Waals surface area contributed by atoms with Crippen LogP contribution in [0.3, 0.4) is 0 Å². The monoisotopic (exact) mass is 678 g/mol. The Morgan fingerprint density at radius 2 is 1.62 bits per heavy atom. The third-order valence-electron chi connectivity index (χ3n) is 6.40. The molecule has 4 N–H and O–H groups in total. The fraction of sp³-hybridized carbons (Fsp3) is 0.156. The number of amides is 4. The largest absolute Gasteiger partial charge is 0.458 e. The molecular formula is C32H31ClN6O7S. The summed E-state index contributed by atoms with van der Waals surface area (Å²) in [7, 11) is -4.10. The van der Waals surface area contributed by atoms with Crippen LogP contribution >= 0.6 is 11.6 Å². The summed E-state index contributed by atoms with van der Waals surface area (Å²) in [6, 6.07) is 24.3. The highest BCUT2D eigenvalue weighted by molar-refractivity contribution is 7.89. The zero-order valence-electron chi connectivity index (χ0n) is 25.1. The molecule has 4 amide bonds. The smallest absolute Gasteiger partial charge is 0.313 e. The summed E-state index contributed by atoms with van der Waals surface area (Å²) in [5, 5.41) is 11.7. The Morgan fingerprint density at radius 1 is 0.872 bits per heavy atom. The molecule has 0 aliphatic heterocycles. The van der Waals surface area contributed by atoms with Crippen LogP contribution in [0.5, 0.6) is 0 Å². The standard InChI is InChI=1S/C32H31ClN6O7S/c1-22(40)36-25-10-14-29(15-11-25)47(44,45)39(17-16-23-6-3-2-4-7-23)21-30(41)38-35-20-28-13-12-27(46-28)19-34-31(42)32(43)37-26-9-5-8-24(33)18-26/h2-15,18,20H,16-17,19,21H2,1H3,(H,34,42)(H,36,40)(H,37,43)(H,38,41)/b35-20-. The first-order valence-electron chi connectivity index (χ1n) is 14.2. The van der Waals surface area contributed by atoms with Gasteiger partial charge in [-0.15, -0.1) is 0 Å². The van der Waals surface area contributed by atoms with Crippen molar-refractivity contribution in [3.63, 3.8) is 0 Å². The van der Waals surface area contributed by atoms with Crippen LogP contribution in [-0.4, -0.2) is 55.7 Å². The van der Waals surface area contributed by atoms with Crippen LogP contribution in [0.15, 0.2) is 105 Å². The van der Waals surface area contributed by atoms with Crippen LogP contribution in [-0.2, 0) is 42.2 Å². The number of halogens is 1. The SMILES string of the molecule is CC(=O)Nc1ccc(S(=O)(=O)N(CCc2ccccc2)CC(=O)N/N=C\c2ccc(CNC(=O)C(=O)Nc3cccc(Cl)c3)o2)cc1. The minimum absolute atomic E-state index is 0.0152. The molecule has 1 aromatic heterocycles. The Balaban J connectivity index is 1.33. The van der Waals surface area contributed by atoms with Gasteiger partial charge in [-0.25, -0.2) is 13.8 Å². The van der Waals surface area contributed by atoms with Crippen LogP contribution in [0.2, 0.25) is 5.02 Å². The zero-order valence-corrected chi connectivity index (χ0v) is 26.7. The van der Waals surface area contributed by atoms with E-state index in [1.165, 1.54) is 49.5 Å². The highest BCUT2D eigenvalue weighted by Crippen LogP contribution is 2.19. The maximum atomic E-state index is 13.5. The van der Waals surface area contributed by atoms with Gasteiger partial charge in [-0.05, 0) is 66.6 Å². The average Bonchev–Trinajstić information content (AvgIpc) is 3.50. The number of nitrogens with zero attached hydrogens (tertiary/aromatic N) is 2. The van der Waals surface area contributed by atoms with Gasteiger partial charge in [-0.3, -0.25) is 19.2 Å². The lowest BCUT2D eigenvalue weighted by atomic mass is 10.1. The number of benzene rings is 3. The highest BCUT2D eigenvalue weighted by Gasteiger charge is 2.26. The van der Waals surface area contributed by atoms with Crippen LogP contribution in [0.1, 0.15) is 24.0 Å². The third-order valence-corrected chi connectivity index (χ3v) is 8.49. The first-order valence-corrected chi connectivity index (χ1v) is 16.0. The fourth-order valence-electron chi connectivity index (χ4n) is 4.17. The molecule has 0 atom stereocenters.